The van der Waals surface area contributed by atoms with Crippen molar-refractivity contribution in [2.45, 2.75) is 42.5 Å². The van der Waals surface area contributed by atoms with Crippen LogP contribution in [0.3, 0.4) is 0 Å². The SMILES string of the molecule is Cc1cccc(NC(=O)CSc2nnc(CNC(=O)c3ccc(S(=O)(=O)N4CCCC4)cc3)n2-c2cccc(C(F)(F)F)c2)c1. The van der Waals surface area contributed by atoms with E-state index in [0.29, 0.717) is 18.8 Å². The van der Waals surface area contributed by atoms with Crippen LogP contribution in [0.25, 0.3) is 5.69 Å². The van der Waals surface area contributed by atoms with Crippen molar-refractivity contribution in [3.05, 3.63) is 95.3 Å². The number of rotatable bonds is 10. The van der Waals surface area contributed by atoms with E-state index in [9.17, 15) is 31.2 Å². The Kier molecular flexibility index (Phi) is 9.60. The lowest BCUT2D eigenvalue weighted by atomic mass is 10.2. The van der Waals surface area contributed by atoms with Gasteiger partial charge in [-0.05, 0) is 79.9 Å². The average Bonchev–Trinajstić information content (AvgIpc) is 3.70. The van der Waals surface area contributed by atoms with Gasteiger partial charge >= 0.3 is 6.18 Å². The van der Waals surface area contributed by atoms with Gasteiger partial charge in [0.15, 0.2) is 11.0 Å². The number of alkyl halides is 3. The fourth-order valence-corrected chi connectivity index (χ4v) is 7.04. The Balaban J connectivity index is 1.33. The molecule has 0 bridgehead atoms. The van der Waals surface area contributed by atoms with Crippen LogP contribution in [0.15, 0.2) is 82.8 Å². The molecule has 0 atom stereocenters. The van der Waals surface area contributed by atoms with E-state index in [0.717, 1.165) is 42.3 Å². The molecule has 2 heterocycles. The molecule has 1 aliphatic heterocycles. The Labute approximate surface area is 262 Å². The predicted molar refractivity (Wildman–Crippen MR) is 162 cm³/mol. The largest absolute Gasteiger partial charge is 0.416 e. The molecule has 0 saturated carbocycles. The number of nitrogens with one attached hydrogen (secondary N) is 2. The Morgan fingerprint density at radius 3 is 2.36 bits per heavy atom. The van der Waals surface area contributed by atoms with Crippen LogP contribution >= 0.6 is 11.8 Å². The van der Waals surface area contributed by atoms with Crippen LogP contribution in [0.2, 0.25) is 0 Å². The first-order valence-corrected chi connectivity index (χ1v) is 16.3. The van der Waals surface area contributed by atoms with Crippen LogP contribution in [-0.2, 0) is 27.5 Å². The van der Waals surface area contributed by atoms with Crippen LogP contribution in [0.5, 0.6) is 0 Å². The third kappa shape index (κ3) is 7.72. The maximum atomic E-state index is 13.5. The minimum Gasteiger partial charge on any atom is -0.345 e. The second-order valence-electron chi connectivity index (χ2n) is 10.3. The number of halogens is 3. The van der Waals surface area contributed by atoms with Gasteiger partial charge in [-0.2, -0.15) is 17.5 Å². The lowest BCUT2D eigenvalue weighted by Gasteiger charge is -2.15. The maximum Gasteiger partial charge on any atom is 0.416 e. The minimum absolute atomic E-state index is 0.0818. The number of amides is 2. The second-order valence-corrected chi connectivity index (χ2v) is 13.2. The standard InChI is InChI=1S/C30H29F3N6O4S2/c1-20-6-4-8-23(16-20)35-27(40)19-44-29-37-36-26(39(29)24-9-5-7-22(17-24)30(31,32)33)18-34-28(41)21-10-12-25(13-11-21)45(42,43)38-14-2-3-15-38/h4-13,16-17H,2-3,14-15,18-19H2,1H3,(H,34,41)(H,35,40). The zero-order valence-corrected chi connectivity index (χ0v) is 25.7. The summed E-state index contributed by atoms with van der Waals surface area (Å²) in [5, 5.41) is 13.8. The van der Waals surface area contributed by atoms with E-state index >= 15 is 0 Å². The van der Waals surface area contributed by atoms with Crippen molar-refractivity contribution in [1.29, 1.82) is 0 Å². The van der Waals surface area contributed by atoms with Crippen molar-refractivity contribution < 1.29 is 31.2 Å². The van der Waals surface area contributed by atoms with Gasteiger partial charge in [-0.3, -0.25) is 14.2 Å². The van der Waals surface area contributed by atoms with Gasteiger partial charge in [-0.15, -0.1) is 10.2 Å². The van der Waals surface area contributed by atoms with Gasteiger partial charge < -0.3 is 10.6 Å². The van der Waals surface area contributed by atoms with Gasteiger partial charge in [0.05, 0.1) is 28.4 Å². The van der Waals surface area contributed by atoms with E-state index in [1.54, 1.807) is 18.2 Å². The number of aryl methyl sites for hydroxylation is 1. The summed E-state index contributed by atoms with van der Waals surface area (Å²) in [7, 11) is -3.65. The van der Waals surface area contributed by atoms with Crippen molar-refractivity contribution >= 4 is 39.3 Å². The number of anilines is 1. The summed E-state index contributed by atoms with van der Waals surface area (Å²) in [6.45, 7) is 2.58. The Bertz CT molecular complexity index is 1800. The third-order valence-electron chi connectivity index (χ3n) is 6.99. The summed E-state index contributed by atoms with van der Waals surface area (Å²) in [6, 6.07) is 17.3. The number of carbonyl (C=O) groups excluding carboxylic acids is 2. The number of carbonyl (C=O) groups is 2. The Hall–Kier alpha value is -4.21. The number of benzene rings is 3. The zero-order chi connectivity index (χ0) is 32.2. The molecule has 0 radical (unpaired) electrons. The molecule has 236 valence electrons. The number of hydrogen-bond acceptors (Lipinski definition) is 7. The van der Waals surface area contributed by atoms with E-state index in [1.807, 2.05) is 13.0 Å². The Morgan fingerprint density at radius 2 is 1.67 bits per heavy atom. The highest BCUT2D eigenvalue weighted by Gasteiger charge is 2.31. The van der Waals surface area contributed by atoms with Crippen LogP contribution in [0.1, 0.15) is 40.2 Å². The molecule has 0 unspecified atom stereocenters. The van der Waals surface area contributed by atoms with E-state index in [-0.39, 0.29) is 45.3 Å². The van der Waals surface area contributed by atoms with Crippen LogP contribution in [0.4, 0.5) is 18.9 Å². The molecule has 3 aromatic carbocycles. The van der Waals surface area contributed by atoms with Crippen molar-refractivity contribution in [1.82, 2.24) is 24.4 Å². The zero-order valence-electron chi connectivity index (χ0n) is 24.0. The molecule has 2 N–H and O–H groups in total. The molecule has 1 fully saturated rings. The highest BCUT2D eigenvalue weighted by atomic mass is 32.2. The number of sulfonamides is 1. The number of hydrogen-bond donors (Lipinski definition) is 2. The lowest BCUT2D eigenvalue weighted by molar-refractivity contribution is -0.137. The van der Waals surface area contributed by atoms with E-state index < -0.39 is 27.7 Å². The van der Waals surface area contributed by atoms with Gasteiger partial charge in [-0.1, -0.05) is 30.0 Å². The fourth-order valence-electron chi connectivity index (χ4n) is 4.76. The number of thioether (sulfide) groups is 1. The molecule has 4 aromatic rings. The topological polar surface area (TPSA) is 126 Å². The van der Waals surface area contributed by atoms with Crippen LogP contribution in [-0.4, -0.2) is 58.1 Å². The molecule has 10 nitrogen and oxygen atoms in total. The van der Waals surface area contributed by atoms with Crippen LogP contribution < -0.4 is 10.6 Å². The first kappa shape index (κ1) is 32.2. The highest BCUT2D eigenvalue weighted by molar-refractivity contribution is 7.99. The summed E-state index contributed by atoms with van der Waals surface area (Å²) in [5.41, 5.74) is 0.949. The van der Waals surface area contributed by atoms with Crippen molar-refractivity contribution in [2.75, 3.05) is 24.2 Å². The summed E-state index contributed by atoms with van der Waals surface area (Å²) in [4.78, 5) is 25.7. The summed E-state index contributed by atoms with van der Waals surface area (Å²) in [5.74, 6) is -0.887. The molecule has 5 rings (SSSR count). The molecule has 2 amide bonds. The quantitative estimate of drug-likeness (QED) is 0.229. The van der Waals surface area contributed by atoms with Gasteiger partial charge in [0.25, 0.3) is 5.91 Å². The monoisotopic (exact) mass is 658 g/mol. The first-order valence-electron chi connectivity index (χ1n) is 13.9. The van der Waals surface area contributed by atoms with Gasteiger partial charge in [0.1, 0.15) is 0 Å². The second kappa shape index (κ2) is 13.4. The molecule has 15 heteroatoms. The minimum atomic E-state index is -4.60. The molecule has 0 spiro atoms. The fraction of sp³-hybridized carbons (Fsp3) is 0.267. The molecular formula is C30H29F3N6O4S2. The molecular weight excluding hydrogens is 629 g/mol. The van der Waals surface area contributed by atoms with E-state index in [1.165, 1.54) is 45.3 Å². The normalized spacial score (nSPS) is 14.0. The van der Waals surface area contributed by atoms with Gasteiger partial charge in [0, 0.05) is 24.3 Å². The summed E-state index contributed by atoms with van der Waals surface area (Å²) >= 11 is 0.975. The number of aromatic nitrogens is 3. The molecule has 1 aromatic heterocycles. The summed E-state index contributed by atoms with van der Waals surface area (Å²) < 4.78 is 69.0. The number of nitrogens with zero attached hydrogens (tertiary/aromatic N) is 4. The average molecular weight is 659 g/mol. The third-order valence-corrected chi connectivity index (χ3v) is 9.83. The van der Waals surface area contributed by atoms with Gasteiger partial charge in [-0.25, -0.2) is 8.42 Å². The summed E-state index contributed by atoms with van der Waals surface area (Å²) in [6.07, 6.45) is -3.01. The van der Waals surface area contributed by atoms with Crippen molar-refractivity contribution in [3.63, 3.8) is 0 Å². The smallest absolute Gasteiger partial charge is 0.345 e. The molecule has 1 saturated heterocycles. The van der Waals surface area contributed by atoms with Gasteiger partial charge in [0.2, 0.25) is 15.9 Å². The molecule has 0 aliphatic carbocycles. The van der Waals surface area contributed by atoms with Crippen LogP contribution in [0, 0.1) is 6.92 Å². The molecule has 45 heavy (non-hydrogen) atoms. The maximum absolute atomic E-state index is 13.5. The van der Waals surface area contributed by atoms with Crippen molar-refractivity contribution in [2.24, 2.45) is 0 Å². The van der Waals surface area contributed by atoms with Crippen molar-refractivity contribution in [3.8, 4) is 5.69 Å². The van der Waals surface area contributed by atoms with E-state index in [2.05, 4.69) is 20.8 Å². The lowest BCUT2D eigenvalue weighted by Crippen LogP contribution is -2.28. The Morgan fingerprint density at radius 1 is 0.956 bits per heavy atom. The van der Waals surface area contributed by atoms with E-state index in [4.69, 9.17) is 0 Å². The molecule has 1 aliphatic rings. The predicted octanol–water partition coefficient (Wildman–Crippen LogP) is 5.04. The highest BCUT2D eigenvalue weighted by Crippen LogP contribution is 2.32. The first-order chi connectivity index (χ1) is 21.4.